The van der Waals surface area contributed by atoms with E-state index in [1.807, 2.05) is 173 Å². The molecule has 0 N–H and O–H groups in total. The second-order valence-electron chi connectivity index (χ2n) is 12.3. The number of anilines is 4. The Hall–Kier alpha value is -6.16. The summed E-state index contributed by atoms with van der Waals surface area (Å²) < 4.78 is 0. The topological polar surface area (TPSA) is 90.3 Å². The van der Waals surface area contributed by atoms with Crippen molar-refractivity contribution in [2.75, 3.05) is 76.0 Å². The van der Waals surface area contributed by atoms with Crippen LogP contribution in [0.5, 0.6) is 0 Å². The highest BCUT2D eigenvalue weighted by atomic mass is 15.1. The highest BCUT2D eigenvalue weighted by molar-refractivity contribution is 5.85. The van der Waals surface area contributed by atoms with Crippen LogP contribution < -0.4 is 19.6 Å². The van der Waals surface area contributed by atoms with Crippen LogP contribution in [-0.2, 0) is 0 Å². The van der Waals surface area contributed by atoms with Crippen LogP contribution >= 0.6 is 0 Å². The van der Waals surface area contributed by atoms with Gasteiger partial charge in [-0.05, 0) is 97.1 Å². The second kappa shape index (κ2) is 16.3. The summed E-state index contributed by atoms with van der Waals surface area (Å²) in [6.45, 7) is 0. The van der Waals surface area contributed by atoms with E-state index in [0.717, 1.165) is 45.5 Å². The molecule has 0 saturated heterocycles. The molecule has 0 amide bonds. The summed E-state index contributed by atoms with van der Waals surface area (Å²) >= 11 is 0. The maximum Gasteiger partial charge on any atom is 0.135 e. The third kappa shape index (κ3) is 8.65. The van der Waals surface area contributed by atoms with Gasteiger partial charge in [-0.25, -0.2) is 29.9 Å². The third-order valence-corrected chi connectivity index (χ3v) is 7.65. The number of aromatic nitrogens is 6. The van der Waals surface area contributed by atoms with E-state index >= 15 is 0 Å². The number of hydrogen-bond donors (Lipinski definition) is 0. The zero-order chi connectivity index (χ0) is 35.6. The Labute approximate surface area is 295 Å². The molecule has 0 aliphatic carbocycles. The fourth-order valence-corrected chi connectivity index (χ4v) is 5.31. The molecule has 5 aromatic rings. The molecule has 0 fully saturated rings. The van der Waals surface area contributed by atoms with Crippen LogP contribution in [0.1, 0.15) is 45.0 Å². The van der Waals surface area contributed by atoms with Crippen molar-refractivity contribution in [2.24, 2.45) is 0 Å². The van der Waals surface area contributed by atoms with E-state index in [4.69, 9.17) is 9.97 Å². The first-order valence-corrected chi connectivity index (χ1v) is 16.3. The molecule has 0 saturated carbocycles. The molecule has 0 spiro atoms. The van der Waals surface area contributed by atoms with Crippen molar-refractivity contribution in [2.45, 2.75) is 0 Å². The minimum atomic E-state index is 0.705. The summed E-state index contributed by atoms with van der Waals surface area (Å²) in [5.74, 6) is 3.45. The van der Waals surface area contributed by atoms with Crippen LogP contribution in [0.4, 0.5) is 23.3 Å². The molecule has 5 rings (SSSR count). The highest BCUT2D eigenvalue weighted by Gasteiger charge is 2.12. The Balaban J connectivity index is 1.71. The molecule has 0 unspecified atom stereocenters. The van der Waals surface area contributed by atoms with Gasteiger partial charge in [-0.15, -0.1) is 0 Å². The first-order valence-electron chi connectivity index (χ1n) is 16.3. The van der Waals surface area contributed by atoms with E-state index in [1.165, 1.54) is 0 Å². The number of hydrogen-bond acceptors (Lipinski definition) is 10. The molecule has 0 atom stereocenters. The molecular weight excluding hydrogens is 621 g/mol. The number of rotatable bonds is 12. The molecule has 5 aromatic heterocycles. The van der Waals surface area contributed by atoms with Crippen molar-refractivity contribution >= 4 is 71.9 Å². The van der Waals surface area contributed by atoms with Gasteiger partial charge in [-0.1, -0.05) is 0 Å². The monoisotopic (exact) mass is 664 g/mol. The van der Waals surface area contributed by atoms with Gasteiger partial charge in [0.05, 0.1) is 22.8 Å². The summed E-state index contributed by atoms with van der Waals surface area (Å²) in [6, 6.07) is 15.9. The van der Waals surface area contributed by atoms with Crippen molar-refractivity contribution in [3.63, 3.8) is 0 Å². The molecule has 0 radical (unpaired) electrons. The summed E-state index contributed by atoms with van der Waals surface area (Å²) in [5.41, 5.74) is 6.69. The fraction of sp³-hybridized carbons (Fsp3) is 0.200. The van der Waals surface area contributed by atoms with E-state index in [2.05, 4.69) is 19.9 Å². The van der Waals surface area contributed by atoms with Crippen molar-refractivity contribution < 1.29 is 0 Å². The Morgan fingerprint density at radius 2 is 0.560 bits per heavy atom. The van der Waals surface area contributed by atoms with Crippen molar-refractivity contribution in [1.29, 1.82) is 0 Å². The first kappa shape index (κ1) is 35.2. The largest absolute Gasteiger partial charge is 0.362 e. The van der Waals surface area contributed by atoms with Crippen LogP contribution in [0.3, 0.4) is 0 Å². The Kier molecular flexibility index (Phi) is 11.5. The van der Waals surface area contributed by atoms with Gasteiger partial charge >= 0.3 is 0 Å². The molecule has 10 heteroatoms. The maximum atomic E-state index is 5.23. The minimum Gasteiger partial charge on any atom is -0.362 e. The zero-order valence-electron chi connectivity index (χ0n) is 30.0. The maximum absolute atomic E-state index is 5.23. The van der Waals surface area contributed by atoms with Crippen LogP contribution in [0, 0.1) is 0 Å². The van der Waals surface area contributed by atoms with E-state index < -0.39 is 0 Å². The zero-order valence-corrected chi connectivity index (χ0v) is 30.0. The van der Waals surface area contributed by atoms with E-state index in [0.29, 0.717) is 22.8 Å². The normalized spacial score (nSPS) is 11.7. The Morgan fingerprint density at radius 1 is 0.340 bits per heavy atom. The van der Waals surface area contributed by atoms with Gasteiger partial charge < -0.3 is 19.6 Å². The van der Waals surface area contributed by atoms with Gasteiger partial charge in [-0.2, -0.15) is 0 Å². The predicted molar refractivity (Wildman–Crippen MR) is 212 cm³/mol. The van der Waals surface area contributed by atoms with Crippen molar-refractivity contribution in [1.82, 2.24) is 29.9 Å². The lowest BCUT2D eigenvalue weighted by molar-refractivity contribution is 1.06. The van der Waals surface area contributed by atoms with E-state index in [-0.39, 0.29) is 0 Å². The molecule has 254 valence electrons. The van der Waals surface area contributed by atoms with E-state index in [1.54, 1.807) is 24.8 Å². The lowest BCUT2D eigenvalue weighted by Crippen LogP contribution is -2.12. The van der Waals surface area contributed by atoms with Gasteiger partial charge in [0.25, 0.3) is 0 Å². The standard InChI is InChI=1S/C40H44N10/c1-47(2)37-29(13-9-25-41-37)17-21-33-34(22-18-30-14-10-26-42-38(30)48(3)4)46-36(24-20-32-16-12-28-44-40(32)50(7)8)35(45-33)23-19-31-15-11-27-43-39(31)49(5)6/h9-28H,1-8H3. The van der Waals surface area contributed by atoms with Crippen LogP contribution in [0.2, 0.25) is 0 Å². The summed E-state index contributed by atoms with van der Waals surface area (Å²) in [5, 5.41) is 0. The van der Waals surface area contributed by atoms with E-state index in [9.17, 15) is 0 Å². The van der Waals surface area contributed by atoms with Crippen LogP contribution in [-0.4, -0.2) is 86.3 Å². The summed E-state index contributed by atoms with van der Waals surface area (Å²) in [4.78, 5) is 36.8. The van der Waals surface area contributed by atoms with Crippen molar-refractivity contribution in [3.05, 3.63) is 118 Å². The molecule has 50 heavy (non-hydrogen) atoms. The quantitative estimate of drug-likeness (QED) is 0.139. The molecule has 10 nitrogen and oxygen atoms in total. The SMILES string of the molecule is CN(C)c1ncccc1C=Cc1nc(C=Cc2cccnc2N(C)C)c(C=Cc2cccnc2N(C)C)nc1C=Cc1cccnc1N(C)C. The third-order valence-electron chi connectivity index (χ3n) is 7.65. The fourth-order valence-electron chi connectivity index (χ4n) is 5.31. The van der Waals surface area contributed by atoms with Gasteiger partial charge in [-0.3, -0.25) is 0 Å². The van der Waals surface area contributed by atoms with Crippen LogP contribution in [0.25, 0.3) is 48.6 Å². The first-order chi connectivity index (χ1) is 24.1. The average molecular weight is 665 g/mol. The number of pyridine rings is 4. The molecule has 0 bridgehead atoms. The second-order valence-corrected chi connectivity index (χ2v) is 12.3. The van der Waals surface area contributed by atoms with Gasteiger partial charge in [0, 0.05) is 103 Å². The Morgan fingerprint density at radius 3 is 0.760 bits per heavy atom. The minimum absolute atomic E-state index is 0.705. The predicted octanol–water partition coefficient (Wildman–Crippen LogP) is 7.00. The molecule has 0 aromatic carbocycles. The summed E-state index contributed by atoms with van der Waals surface area (Å²) in [6.07, 6.45) is 23.3. The van der Waals surface area contributed by atoms with Gasteiger partial charge in [0.15, 0.2) is 0 Å². The molecule has 0 aliphatic rings. The molecular formula is C40H44N10. The average Bonchev–Trinajstić information content (AvgIpc) is 3.12. The van der Waals surface area contributed by atoms with Gasteiger partial charge in [0.2, 0.25) is 0 Å². The summed E-state index contributed by atoms with van der Waals surface area (Å²) in [7, 11) is 15.9. The molecule has 5 heterocycles. The van der Waals surface area contributed by atoms with Crippen molar-refractivity contribution in [3.8, 4) is 0 Å². The lowest BCUT2D eigenvalue weighted by atomic mass is 10.1. The number of nitrogens with zero attached hydrogens (tertiary/aromatic N) is 10. The Bertz CT molecular complexity index is 1750. The molecule has 0 aliphatic heterocycles. The lowest BCUT2D eigenvalue weighted by Gasteiger charge is -2.15. The van der Waals surface area contributed by atoms with Crippen LogP contribution in [0.15, 0.2) is 73.3 Å². The smallest absolute Gasteiger partial charge is 0.135 e. The van der Waals surface area contributed by atoms with Gasteiger partial charge in [0.1, 0.15) is 23.3 Å². The highest BCUT2D eigenvalue weighted by Crippen LogP contribution is 2.25.